The van der Waals surface area contributed by atoms with Crippen LogP contribution in [0.3, 0.4) is 0 Å². The van der Waals surface area contributed by atoms with Gasteiger partial charge in [0.25, 0.3) is 11.5 Å². The Balaban J connectivity index is 2.41. The Morgan fingerprint density at radius 2 is 2.00 bits per heavy atom. The first kappa shape index (κ1) is 13.3. The third-order valence-corrected chi connectivity index (χ3v) is 3.35. The number of nitrogens with zero attached hydrogens (tertiary/aromatic N) is 3. The van der Waals surface area contributed by atoms with Gasteiger partial charge in [-0.15, -0.1) is 0 Å². The van der Waals surface area contributed by atoms with E-state index >= 15 is 0 Å². The monoisotopic (exact) mass is 286 g/mol. The molecule has 2 aromatic heterocycles. The Hall–Kier alpha value is -2.67. The Bertz CT molecular complexity index is 894. The van der Waals surface area contributed by atoms with Crippen molar-refractivity contribution in [2.45, 2.75) is 6.54 Å². The maximum absolute atomic E-state index is 12.6. The van der Waals surface area contributed by atoms with Gasteiger partial charge in [-0.1, -0.05) is 12.1 Å². The number of carbonyl (C=O) groups is 1. The summed E-state index contributed by atoms with van der Waals surface area (Å²) in [7, 11) is 1.58. The highest BCUT2D eigenvalue weighted by Crippen LogP contribution is 2.15. The summed E-state index contributed by atoms with van der Waals surface area (Å²) in [6.07, 6.45) is 0. The lowest BCUT2D eigenvalue weighted by Crippen LogP contribution is -2.24. The Morgan fingerprint density at radius 3 is 2.67 bits per heavy atom. The first-order valence-corrected chi connectivity index (χ1v) is 6.43. The number of carbonyl (C=O) groups excluding carboxylic acids is 1. The molecule has 0 saturated carbocycles. The number of primary amides is 1. The van der Waals surface area contributed by atoms with E-state index in [2.05, 4.69) is 5.10 Å². The number of methoxy groups -OCH3 is 1. The van der Waals surface area contributed by atoms with Crippen LogP contribution in [0.5, 0.6) is 0 Å². The fourth-order valence-electron chi connectivity index (χ4n) is 2.36. The third kappa shape index (κ3) is 2.07. The Morgan fingerprint density at radius 1 is 1.29 bits per heavy atom. The van der Waals surface area contributed by atoms with Crippen molar-refractivity contribution in [2.24, 2.45) is 5.73 Å². The highest BCUT2D eigenvalue weighted by molar-refractivity contribution is 5.92. The molecule has 108 valence electrons. The van der Waals surface area contributed by atoms with Crippen LogP contribution in [0.25, 0.3) is 16.6 Å². The largest absolute Gasteiger partial charge is 0.383 e. The summed E-state index contributed by atoms with van der Waals surface area (Å²) in [6, 6.07) is 8.77. The first-order chi connectivity index (χ1) is 10.1. The molecule has 2 N–H and O–H groups in total. The normalized spacial score (nSPS) is 11.3. The summed E-state index contributed by atoms with van der Waals surface area (Å²) in [4.78, 5) is 23.9. The van der Waals surface area contributed by atoms with E-state index in [1.54, 1.807) is 11.7 Å². The number of amides is 1. The topological polar surface area (TPSA) is 91.6 Å². The van der Waals surface area contributed by atoms with Crippen molar-refractivity contribution in [1.82, 2.24) is 14.2 Å². The molecule has 0 aliphatic heterocycles. The average molecular weight is 286 g/mol. The summed E-state index contributed by atoms with van der Waals surface area (Å²) in [5.41, 5.74) is 6.86. The molecule has 0 aliphatic carbocycles. The second-order valence-electron chi connectivity index (χ2n) is 4.63. The van der Waals surface area contributed by atoms with Crippen molar-refractivity contribution in [3.63, 3.8) is 0 Å². The standard InChI is InChI=1S/C14H14N4O3/c1-21-7-6-17-10-4-2-3-5-11(10)18-12(14(17)20)8-9(16-18)13(15)19/h2-5,8H,6-7H2,1H3,(H2,15,19). The zero-order chi connectivity index (χ0) is 15.0. The van der Waals surface area contributed by atoms with Gasteiger partial charge in [-0.25, -0.2) is 4.52 Å². The number of hydrogen-bond acceptors (Lipinski definition) is 4. The van der Waals surface area contributed by atoms with Crippen LogP contribution in [0.15, 0.2) is 35.1 Å². The van der Waals surface area contributed by atoms with Crippen molar-refractivity contribution >= 4 is 22.5 Å². The lowest BCUT2D eigenvalue weighted by atomic mass is 10.3. The van der Waals surface area contributed by atoms with Gasteiger partial charge >= 0.3 is 0 Å². The third-order valence-electron chi connectivity index (χ3n) is 3.35. The second-order valence-corrected chi connectivity index (χ2v) is 4.63. The van der Waals surface area contributed by atoms with Crippen LogP contribution in [0.4, 0.5) is 0 Å². The van der Waals surface area contributed by atoms with Gasteiger partial charge in [0.05, 0.1) is 17.6 Å². The summed E-state index contributed by atoms with van der Waals surface area (Å²) in [6.45, 7) is 0.834. The quantitative estimate of drug-likeness (QED) is 0.751. The Labute approximate surface area is 119 Å². The van der Waals surface area contributed by atoms with Crippen LogP contribution in [0, 0.1) is 0 Å². The van der Waals surface area contributed by atoms with Crippen LogP contribution in [0.1, 0.15) is 10.5 Å². The van der Waals surface area contributed by atoms with Crippen LogP contribution in [-0.4, -0.2) is 33.8 Å². The van der Waals surface area contributed by atoms with Gasteiger partial charge in [-0.05, 0) is 12.1 Å². The number of benzene rings is 1. The minimum atomic E-state index is -0.661. The number of para-hydroxylation sites is 2. The molecule has 3 rings (SSSR count). The molecule has 21 heavy (non-hydrogen) atoms. The van der Waals surface area contributed by atoms with Gasteiger partial charge in [0, 0.05) is 19.7 Å². The molecule has 0 spiro atoms. The maximum Gasteiger partial charge on any atom is 0.277 e. The number of nitrogens with two attached hydrogens (primary N) is 1. The number of aromatic nitrogens is 3. The van der Waals surface area contributed by atoms with Gasteiger partial charge in [-0.2, -0.15) is 5.10 Å². The molecule has 0 saturated heterocycles. The molecule has 3 aromatic rings. The molecule has 7 nitrogen and oxygen atoms in total. The highest BCUT2D eigenvalue weighted by Gasteiger charge is 2.15. The molecule has 0 unspecified atom stereocenters. The van der Waals surface area contributed by atoms with E-state index < -0.39 is 5.91 Å². The van der Waals surface area contributed by atoms with Crippen LogP contribution in [-0.2, 0) is 11.3 Å². The molecule has 2 heterocycles. The van der Waals surface area contributed by atoms with Gasteiger partial charge in [0.15, 0.2) is 5.69 Å². The number of hydrogen-bond donors (Lipinski definition) is 1. The smallest absolute Gasteiger partial charge is 0.277 e. The van der Waals surface area contributed by atoms with Crippen LogP contribution in [0.2, 0.25) is 0 Å². The van der Waals surface area contributed by atoms with E-state index in [1.165, 1.54) is 10.6 Å². The SMILES string of the molecule is COCCn1c(=O)c2cc(C(N)=O)nn2c2ccccc21. The zero-order valence-corrected chi connectivity index (χ0v) is 11.4. The average Bonchev–Trinajstić information content (AvgIpc) is 2.93. The highest BCUT2D eigenvalue weighted by atomic mass is 16.5. The molecule has 0 radical (unpaired) electrons. The van der Waals surface area contributed by atoms with Crippen molar-refractivity contribution in [3.05, 3.63) is 46.4 Å². The van der Waals surface area contributed by atoms with Gasteiger partial charge in [0.2, 0.25) is 0 Å². The van der Waals surface area contributed by atoms with Crippen LogP contribution >= 0.6 is 0 Å². The number of rotatable bonds is 4. The zero-order valence-electron chi connectivity index (χ0n) is 11.4. The molecular weight excluding hydrogens is 272 g/mol. The summed E-state index contributed by atoms with van der Waals surface area (Å²) in [5.74, 6) is -0.661. The minimum absolute atomic E-state index is 0.0711. The van der Waals surface area contributed by atoms with Crippen molar-refractivity contribution in [1.29, 1.82) is 0 Å². The fraction of sp³-hybridized carbons (Fsp3) is 0.214. The summed E-state index contributed by atoms with van der Waals surface area (Å²) < 4.78 is 8.12. The summed E-state index contributed by atoms with van der Waals surface area (Å²) >= 11 is 0. The van der Waals surface area contributed by atoms with Crippen molar-refractivity contribution in [3.8, 4) is 0 Å². The molecule has 1 aromatic carbocycles. The van der Waals surface area contributed by atoms with Crippen molar-refractivity contribution in [2.75, 3.05) is 13.7 Å². The Kier molecular flexibility index (Phi) is 3.19. The van der Waals surface area contributed by atoms with Crippen LogP contribution < -0.4 is 11.3 Å². The van der Waals surface area contributed by atoms with E-state index in [-0.39, 0.29) is 11.3 Å². The molecular formula is C14H14N4O3. The maximum atomic E-state index is 12.6. The fourth-order valence-corrected chi connectivity index (χ4v) is 2.36. The second kappa shape index (κ2) is 5.02. The van der Waals surface area contributed by atoms with Crippen molar-refractivity contribution < 1.29 is 9.53 Å². The van der Waals surface area contributed by atoms with E-state index in [9.17, 15) is 9.59 Å². The molecule has 0 aliphatic rings. The predicted molar refractivity (Wildman–Crippen MR) is 77.4 cm³/mol. The van der Waals surface area contributed by atoms with E-state index in [4.69, 9.17) is 10.5 Å². The summed E-state index contributed by atoms with van der Waals surface area (Å²) in [5, 5.41) is 4.12. The molecule has 1 amide bonds. The van der Waals surface area contributed by atoms with Gasteiger partial charge in [0.1, 0.15) is 5.52 Å². The van der Waals surface area contributed by atoms with Gasteiger partial charge < -0.3 is 15.0 Å². The first-order valence-electron chi connectivity index (χ1n) is 6.43. The lowest BCUT2D eigenvalue weighted by molar-refractivity contribution is 0.0995. The molecule has 7 heteroatoms. The molecule has 0 fully saturated rings. The van der Waals surface area contributed by atoms with E-state index in [1.807, 2.05) is 24.3 Å². The van der Waals surface area contributed by atoms with Gasteiger partial charge in [-0.3, -0.25) is 9.59 Å². The number of ether oxygens (including phenoxy) is 1. The molecule has 0 bridgehead atoms. The lowest BCUT2D eigenvalue weighted by Gasteiger charge is -2.11. The predicted octanol–water partition coefficient (Wildman–Crippen LogP) is 0.395. The minimum Gasteiger partial charge on any atom is -0.383 e. The molecule has 0 atom stereocenters. The van der Waals surface area contributed by atoms with E-state index in [0.717, 1.165) is 11.0 Å². The van der Waals surface area contributed by atoms with E-state index in [0.29, 0.717) is 18.7 Å². The number of fused-ring (bicyclic) bond motifs is 3.